The van der Waals surface area contributed by atoms with E-state index in [1.165, 1.54) is 11.9 Å². The minimum absolute atomic E-state index is 0.0414. The van der Waals surface area contributed by atoms with Crippen molar-refractivity contribution in [1.29, 1.82) is 0 Å². The molecule has 0 aliphatic carbocycles. The average molecular weight is 654 g/mol. The van der Waals surface area contributed by atoms with Crippen molar-refractivity contribution < 1.29 is 43.0 Å². The first-order valence-electron chi connectivity index (χ1n) is 16.7. The van der Waals surface area contributed by atoms with Crippen LogP contribution in [0.3, 0.4) is 0 Å². The van der Waals surface area contributed by atoms with E-state index in [1.54, 1.807) is 41.5 Å². The summed E-state index contributed by atoms with van der Waals surface area (Å²) in [7, 11) is 1.43. The van der Waals surface area contributed by atoms with Gasteiger partial charge in [-0.1, -0.05) is 83.1 Å². The van der Waals surface area contributed by atoms with Gasteiger partial charge in [0.2, 0.25) is 5.91 Å². The Hall–Kier alpha value is -3.18. The molecule has 46 heavy (non-hydrogen) atoms. The second-order valence-electron chi connectivity index (χ2n) is 14.8. The van der Waals surface area contributed by atoms with Gasteiger partial charge in [-0.3, -0.25) is 14.4 Å². The molecule has 0 radical (unpaired) electrons. The molecule has 1 fully saturated rings. The van der Waals surface area contributed by atoms with E-state index in [2.05, 4.69) is 10.6 Å². The SMILES string of the molecule is CC(C)C[C@H]1NC(=O)[C@H](C(C)C)NC(=O)[C@@H](C(C)C)OC(=O)[C@H](CC(C)C)N(C)C(=O)[C@@H](C(C)C)OC(=O)[C@@H](CC(C)C)OC1=O. The minimum atomic E-state index is -1.35. The number of esters is 3. The lowest BCUT2D eigenvalue weighted by atomic mass is 9.98. The topological polar surface area (TPSA) is 157 Å². The maximum atomic E-state index is 13.9. The Morgan fingerprint density at radius 2 is 1.07 bits per heavy atom. The molecule has 264 valence electrons. The number of likely N-dealkylation sites (N-methyl/N-ethyl adjacent to an activating group) is 1. The van der Waals surface area contributed by atoms with E-state index in [-0.39, 0.29) is 37.0 Å². The molecule has 0 aromatic carbocycles. The molecule has 0 bridgehead atoms. The monoisotopic (exact) mass is 653 g/mol. The lowest BCUT2D eigenvalue weighted by Crippen LogP contribution is -2.57. The summed E-state index contributed by atoms with van der Waals surface area (Å²) in [5, 5.41) is 5.43. The van der Waals surface area contributed by atoms with Gasteiger partial charge in [-0.25, -0.2) is 14.4 Å². The fourth-order valence-electron chi connectivity index (χ4n) is 5.14. The summed E-state index contributed by atoms with van der Waals surface area (Å²) < 4.78 is 17.2. The number of hydrogen-bond donors (Lipinski definition) is 2. The van der Waals surface area contributed by atoms with Gasteiger partial charge in [-0.2, -0.15) is 0 Å². The molecule has 0 saturated carbocycles. The van der Waals surface area contributed by atoms with Crippen molar-refractivity contribution in [2.24, 2.45) is 35.5 Å². The summed E-state index contributed by atoms with van der Waals surface area (Å²) in [5.41, 5.74) is 0. The van der Waals surface area contributed by atoms with Crippen LogP contribution in [0.2, 0.25) is 0 Å². The first-order chi connectivity index (χ1) is 21.2. The third-order valence-electron chi connectivity index (χ3n) is 7.74. The molecule has 3 amide bonds. The van der Waals surface area contributed by atoms with Crippen molar-refractivity contribution in [3.05, 3.63) is 0 Å². The molecule has 2 N–H and O–H groups in total. The van der Waals surface area contributed by atoms with E-state index >= 15 is 0 Å². The van der Waals surface area contributed by atoms with Gasteiger partial charge in [-0.05, 0) is 54.8 Å². The van der Waals surface area contributed by atoms with E-state index in [0.29, 0.717) is 0 Å². The number of cyclic esters (lactones) is 3. The van der Waals surface area contributed by atoms with E-state index in [9.17, 15) is 28.8 Å². The van der Waals surface area contributed by atoms with Crippen LogP contribution in [0.5, 0.6) is 0 Å². The lowest BCUT2D eigenvalue weighted by Gasteiger charge is -2.34. The predicted octanol–water partition coefficient (Wildman–Crippen LogP) is 3.64. The van der Waals surface area contributed by atoms with Crippen LogP contribution in [-0.4, -0.2) is 84.0 Å². The Labute approximate surface area is 275 Å². The lowest BCUT2D eigenvalue weighted by molar-refractivity contribution is -0.181. The molecule has 0 unspecified atom stereocenters. The van der Waals surface area contributed by atoms with Crippen molar-refractivity contribution in [3.63, 3.8) is 0 Å². The molecule has 1 rings (SSSR count). The minimum Gasteiger partial charge on any atom is -0.450 e. The molecular formula is C34H59N3O9. The Balaban J connectivity index is 3.81. The smallest absolute Gasteiger partial charge is 0.348 e. The standard InChI is InChI=1S/C34H59N3O9/c1-17(2)14-23-32(41)44-25(16-19(5)6)34(43)46-28(22(11)12)31(40)37(13)24(15-18(3)4)33(42)45-27(21(9)10)30(39)36-26(20(7)8)29(38)35-23/h17-28H,14-16H2,1-13H3,(H,35,38)(H,36,39)/t23-,24+,25-,26+,27-,28-/m1/s1. The maximum Gasteiger partial charge on any atom is 0.348 e. The van der Waals surface area contributed by atoms with E-state index in [4.69, 9.17) is 14.2 Å². The van der Waals surface area contributed by atoms with Crippen molar-refractivity contribution in [3.8, 4) is 0 Å². The number of carbonyl (C=O) groups excluding carboxylic acids is 6. The molecule has 12 heteroatoms. The van der Waals surface area contributed by atoms with Gasteiger partial charge < -0.3 is 29.7 Å². The van der Waals surface area contributed by atoms with Gasteiger partial charge >= 0.3 is 17.9 Å². The third kappa shape index (κ3) is 12.2. The highest BCUT2D eigenvalue weighted by molar-refractivity contribution is 5.94. The third-order valence-corrected chi connectivity index (χ3v) is 7.74. The highest BCUT2D eigenvalue weighted by atomic mass is 16.6. The molecule has 1 aliphatic rings. The zero-order valence-corrected chi connectivity index (χ0v) is 30.2. The van der Waals surface area contributed by atoms with Gasteiger partial charge in [0.15, 0.2) is 18.3 Å². The zero-order chi connectivity index (χ0) is 35.6. The van der Waals surface area contributed by atoms with Crippen LogP contribution in [0.25, 0.3) is 0 Å². The van der Waals surface area contributed by atoms with Gasteiger partial charge in [0.1, 0.15) is 18.1 Å². The van der Waals surface area contributed by atoms with Crippen molar-refractivity contribution in [2.75, 3.05) is 7.05 Å². The Morgan fingerprint density at radius 3 is 1.52 bits per heavy atom. The number of nitrogens with one attached hydrogen (secondary N) is 2. The van der Waals surface area contributed by atoms with Crippen LogP contribution in [0.15, 0.2) is 0 Å². The normalized spacial score (nSPS) is 26.7. The molecule has 1 heterocycles. The summed E-state index contributed by atoms with van der Waals surface area (Å²) in [6.07, 6.45) is -3.38. The van der Waals surface area contributed by atoms with E-state index < -0.39 is 89.8 Å². The second kappa shape index (κ2) is 18.2. The molecule has 6 atom stereocenters. The molecular weight excluding hydrogens is 594 g/mol. The van der Waals surface area contributed by atoms with E-state index in [0.717, 1.165) is 0 Å². The van der Waals surface area contributed by atoms with Crippen LogP contribution < -0.4 is 10.6 Å². The Bertz CT molecular complexity index is 1070. The van der Waals surface area contributed by atoms with Gasteiger partial charge in [0.25, 0.3) is 11.8 Å². The highest BCUT2D eigenvalue weighted by Crippen LogP contribution is 2.22. The highest BCUT2D eigenvalue weighted by Gasteiger charge is 2.41. The fourth-order valence-corrected chi connectivity index (χ4v) is 5.14. The second-order valence-corrected chi connectivity index (χ2v) is 14.8. The number of nitrogens with zero attached hydrogens (tertiary/aromatic N) is 1. The number of rotatable bonds is 9. The molecule has 0 aromatic heterocycles. The number of carbonyl (C=O) groups is 6. The van der Waals surface area contributed by atoms with Crippen LogP contribution in [0.1, 0.15) is 102 Å². The van der Waals surface area contributed by atoms with Gasteiger partial charge in [-0.15, -0.1) is 0 Å². The largest absolute Gasteiger partial charge is 0.450 e. The fraction of sp³-hybridized carbons (Fsp3) is 0.824. The predicted molar refractivity (Wildman–Crippen MR) is 173 cm³/mol. The molecule has 1 aliphatic heterocycles. The van der Waals surface area contributed by atoms with Crippen LogP contribution in [0, 0.1) is 35.5 Å². The summed E-state index contributed by atoms with van der Waals surface area (Å²) in [6, 6.07) is -3.30. The Kier molecular flexibility index (Phi) is 16.2. The summed E-state index contributed by atoms with van der Waals surface area (Å²) in [6.45, 7) is 21.5. The Morgan fingerprint density at radius 1 is 0.565 bits per heavy atom. The summed E-state index contributed by atoms with van der Waals surface area (Å²) >= 11 is 0. The summed E-state index contributed by atoms with van der Waals surface area (Å²) in [4.78, 5) is 83.1. The zero-order valence-electron chi connectivity index (χ0n) is 30.2. The number of amides is 3. The maximum absolute atomic E-state index is 13.9. The molecule has 0 spiro atoms. The van der Waals surface area contributed by atoms with Crippen molar-refractivity contribution >= 4 is 35.6 Å². The molecule has 0 aromatic rings. The number of ether oxygens (including phenoxy) is 3. The first-order valence-corrected chi connectivity index (χ1v) is 16.7. The summed E-state index contributed by atoms with van der Waals surface area (Å²) in [5.74, 6) is -5.97. The molecule has 12 nitrogen and oxygen atoms in total. The van der Waals surface area contributed by atoms with Crippen molar-refractivity contribution in [1.82, 2.24) is 15.5 Å². The molecule has 1 saturated heterocycles. The first kappa shape index (κ1) is 40.8. The van der Waals surface area contributed by atoms with Crippen LogP contribution in [0.4, 0.5) is 0 Å². The quantitative estimate of drug-likeness (QED) is 0.280. The van der Waals surface area contributed by atoms with E-state index in [1.807, 2.05) is 41.5 Å². The average Bonchev–Trinajstić information content (AvgIpc) is 2.92. The van der Waals surface area contributed by atoms with Crippen LogP contribution >= 0.6 is 0 Å². The van der Waals surface area contributed by atoms with Gasteiger partial charge in [0, 0.05) is 7.05 Å². The van der Waals surface area contributed by atoms with Crippen molar-refractivity contribution in [2.45, 2.75) is 139 Å². The van der Waals surface area contributed by atoms with Crippen LogP contribution in [-0.2, 0) is 43.0 Å². The van der Waals surface area contributed by atoms with Gasteiger partial charge in [0.05, 0.1) is 0 Å². The number of hydrogen-bond acceptors (Lipinski definition) is 9.